The third kappa shape index (κ3) is 2.21. The topological polar surface area (TPSA) is 37.3 Å². The lowest BCUT2D eigenvalue weighted by Crippen LogP contribution is -2.54. The molecule has 2 heteroatoms. The molecule has 0 aromatic heterocycles. The molecule has 2 nitrogen and oxygen atoms in total. The third-order valence-electron chi connectivity index (χ3n) is 8.92. The number of Topliss-reactive ketones (excluding diaryl/α,β-unsaturated/α-hetero) is 1. The Morgan fingerprint density at radius 3 is 2.46 bits per heavy atom. The van der Waals surface area contributed by atoms with Gasteiger partial charge >= 0.3 is 0 Å². The van der Waals surface area contributed by atoms with Gasteiger partial charge in [0, 0.05) is 5.92 Å². The van der Waals surface area contributed by atoms with Crippen molar-refractivity contribution in [2.45, 2.75) is 78.2 Å². The number of carbonyl (C=O) groups excluding carboxylic acids is 1. The van der Waals surface area contributed by atoms with E-state index in [0.29, 0.717) is 17.6 Å². The zero-order valence-electron chi connectivity index (χ0n) is 15.8. The second-order valence-electron chi connectivity index (χ2n) is 10.2. The molecule has 0 aromatic carbocycles. The Bertz CT molecular complexity index is 577. The van der Waals surface area contributed by atoms with Crippen LogP contribution in [0.4, 0.5) is 0 Å². The normalized spacial score (nSPS) is 56.3. The van der Waals surface area contributed by atoms with Crippen molar-refractivity contribution in [3.05, 3.63) is 12.2 Å². The van der Waals surface area contributed by atoms with Gasteiger partial charge in [-0.05, 0) is 93.3 Å². The molecule has 24 heavy (non-hydrogen) atoms. The summed E-state index contributed by atoms with van der Waals surface area (Å²) in [6.45, 7) is 8.65. The average Bonchev–Trinajstić information content (AvgIpc) is 2.85. The van der Waals surface area contributed by atoms with Gasteiger partial charge in [-0.1, -0.05) is 26.0 Å². The number of ketones is 1. The van der Waals surface area contributed by atoms with E-state index in [1.165, 1.54) is 32.1 Å². The van der Waals surface area contributed by atoms with Crippen molar-refractivity contribution in [3.8, 4) is 0 Å². The van der Waals surface area contributed by atoms with E-state index in [1.807, 2.05) is 13.8 Å². The Hall–Kier alpha value is -0.630. The first-order valence-corrected chi connectivity index (χ1v) is 10.1. The number of hydrogen-bond donors (Lipinski definition) is 1. The number of hydrogen-bond acceptors (Lipinski definition) is 2. The van der Waals surface area contributed by atoms with Crippen LogP contribution in [0.3, 0.4) is 0 Å². The van der Waals surface area contributed by atoms with E-state index < -0.39 is 5.60 Å². The molecule has 4 aliphatic carbocycles. The maximum absolute atomic E-state index is 12.2. The Morgan fingerprint density at radius 2 is 1.75 bits per heavy atom. The molecule has 0 aromatic rings. The lowest BCUT2D eigenvalue weighted by atomic mass is 9.45. The summed E-state index contributed by atoms with van der Waals surface area (Å²) >= 11 is 0. The molecule has 2 unspecified atom stereocenters. The van der Waals surface area contributed by atoms with Gasteiger partial charge in [0.25, 0.3) is 0 Å². The van der Waals surface area contributed by atoms with Crippen molar-refractivity contribution in [2.75, 3.05) is 0 Å². The van der Waals surface area contributed by atoms with Gasteiger partial charge in [0.15, 0.2) is 0 Å². The van der Waals surface area contributed by atoms with Gasteiger partial charge in [0.1, 0.15) is 5.78 Å². The van der Waals surface area contributed by atoms with E-state index in [-0.39, 0.29) is 10.8 Å². The van der Waals surface area contributed by atoms with Crippen LogP contribution in [-0.2, 0) is 4.79 Å². The van der Waals surface area contributed by atoms with Crippen LogP contribution in [0.25, 0.3) is 0 Å². The van der Waals surface area contributed by atoms with Gasteiger partial charge in [0.2, 0.25) is 0 Å². The molecular weight excluding hydrogens is 296 g/mol. The van der Waals surface area contributed by atoms with E-state index >= 15 is 0 Å². The molecule has 0 spiro atoms. The summed E-state index contributed by atoms with van der Waals surface area (Å²) in [5.74, 6) is 3.60. The highest BCUT2D eigenvalue weighted by molar-refractivity contribution is 5.79. The minimum Gasteiger partial charge on any atom is -0.386 e. The summed E-state index contributed by atoms with van der Waals surface area (Å²) in [5, 5.41) is 10.5. The van der Waals surface area contributed by atoms with Crippen molar-refractivity contribution in [1.29, 1.82) is 0 Å². The highest BCUT2D eigenvalue weighted by Crippen LogP contribution is 2.67. The summed E-state index contributed by atoms with van der Waals surface area (Å²) in [6.07, 6.45) is 12.8. The number of allylic oxidation sites excluding steroid dienone is 1. The van der Waals surface area contributed by atoms with E-state index in [2.05, 4.69) is 26.0 Å². The predicted molar refractivity (Wildman–Crippen MR) is 96.4 cm³/mol. The minimum atomic E-state index is -0.618. The maximum atomic E-state index is 12.2. The summed E-state index contributed by atoms with van der Waals surface area (Å²) in [6, 6.07) is 0. The van der Waals surface area contributed by atoms with Gasteiger partial charge in [0.05, 0.1) is 5.60 Å². The van der Waals surface area contributed by atoms with E-state index in [4.69, 9.17) is 0 Å². The fourth-order valence-corrected chi connectivity index (χ4v) is 7.65. The molecule has 0 heterocycles. The van der Waals surface area contributed by atoms with E-state index in [1.54, 1.807) is 0 Å². The highest BCUT2D eigenvalue weighted by atomic mass is 16.3. The second-order valence-corrected chi connectivity index (χ2v) is 10.2. The largest absolute Gasteiger partial charge is 0.386 e. The molecule has 0 saturated heterocycles. The molecule has 1 N–H and O–H groups in total. The van der Waals surface area contributed by atoms with Crippen LogP contribution in [0, 0.1) is 40.4 Å². The minimum absolute atomic E-state index is 0.250. The second kappa shape index (κ2) is 5.19. The van der Waals surface area contributed by atoms with E-state index in [0.717, 1.165) is 30.6 Å². The molecule has 0 amide bonds. The van der Waals surface area contributed by atoms with Crippen molar-refractivity contribution in [3.63, 3.8) is 0 Å². The van der Waals surface area contributed by atoms with Crippen LogP contribution in [0.15, 0.2) is 12.2 Å². The molecule has 4 rings (SSSR count). The molecule has 0 aliphatic heterocycles. The number of carbonyl (C=O) groups is 1. The van der Waals surface area contributed by atoms with Crippen LogP contribution in [0.1, 0.15) is 72.6 Å². The lowest BCUT2D eigenvalue weighted by molar-refractivity contribution is -0.130. The van der Waals surface area contributed by atoms with E-state index in [9.17, 15) is 9.90 Å². The summed E-state index contributed by atoms with van der Waals surface area (Å²) < 4.78 is 0. The third-order valence-corrected chi connectivity index (χ3v) is 8.92. The SMILES string of the molecule is CC(=O)[C@H]1CC[C@H]2[C@@H]3CCC4CC(C)(O)C=C[C@]4(C)[C@H]3CC[C@]12C. The average molecular weight is 331 g/mol. The predicted octanol–water partition coefficient (Wildman–Crippen LogP) is 4.76. The monoisotopic (exact) mass is 330 g/mol. The number of aliphatic hydroxyl groups is 1. The quantitative estimate of drug-likeness (QED) is 0.704. The van der Waals surface area contributed by atoms with Gasteiger partial charge in [-0.3, -0.25) is 4.79 Å². The maximum Gasteiger partial charge on any atom is 0.133 e. The standard InChI is InChI=1S/C22H34O2/c1-14(23)17-7-8-18-16-6-5-15-13-20(2,24)11-12-21(15,3)19(16)9-10-22(17,18)4/h11-12,15-19,24H,5-10,13H2,1-4H3/t15?,16-,17+,18-,19-,20?,21-,22+/m0/s1. The van der Waals surface area contributed by atoms with Crippen molar-refractivity contribution >= 4 is 5.78 Å². The number of rotatable bonds is 1. The molecule has 134 valence electrons. The molecule has 8 atom stereocenters. The first-order chi connectivity index (χ1) is 11.2. The van der Waals surface area contributed by atoms with Crippen LogP contribution >= 0.6 is 0 Å². The Balaban J connectivity index is 1.65. The lowest BCUT2D eigenvalue weighted by Gasteiger charge is -2.60. The summed E-state index contributed by atoms with van der Waals surface area (Å²) in [7, 11) is 0. The smallest absolute Gasteiger partial charge is 0.133 e. The zero-order valence-corrected chi connectivity index (χ0v) is 15.8. The summed E-state index contributed by atoms with van der Waals surface area (Å²) in [4.78, 5) is 12.2. The molecular formula is C22H34O2. The van der Waals surface area contributed by atoms with Gasteiger partial charge in [-0.15, -0.1) is 0 Å². The van der Waals surface area contributed by atoms with Crippen LogP contribution in [-0.4, -0.2) is 16.5 Å². The van der Waals surface area contributed by atoms with Crippen LogP contribution < -0.4 is 0 Å². The van der Waals surface area contributed by atoms with Gasteiger partial charge < -0.3 is 5.11 Å². The number of fused-ring (bicyclic) bond motifs is 5. The first kappa shape index (κ1) is 16.8. The van der Waals surface area contributed by atoms with Crippen LogP contribution in [0.2, 0.25) is 0 Å². The molecule has 4 aliphatic rings. The first-order valence-electron chi connectivity index (χ1n) is 10.1. The van der Waals surface area contributed by atoms with Crippen molar-refractivity contribution < 1.29 is 9.90 Å². The van der Waals surface area contributed by atoms with Crippen molar-refractivity contribution in [2.24, 2.45) is 40.4 Å². The van der Waals surface area contributed by atoms with Gasteiger partial charge in [-0.25, -0.2) is 0 Å². The van der Waals surface area contributed by atoms with Gasteiger partial charge in [-0.2, -0.15) is 0 Å². The molecule has 3 fully saturated rings. The zero-order chi connectivity index (χ0) is 17.3. The van der Waals surface area contributed by atoms with Crippen LogP contribution in [0.5, 0.6) is 0 Å². The molecule has 0 radical (unpaired) electrons. The Kier molecular flexibility index (Phi) is 3.64. The Morgan fingerprint density at radius 1 is 1.00 bits per heavy atom. The highest BCUT2D eigenvalue weighted by Gasteiger charge is 2.60. The fraction of sp³-hybridized carbons (Fsp3) is 0.864. The summed E-state index contributed by atoms with van der Waals surface area (Å²) in [5.41, 5.74) is -0.117. The molecule has 0 bridgehead atoms. The fourth-order valence-electron chi connectivity index (χ4n) is 7.65. The molecule has 3 saturated carbocycles. The Labute approximate surface area is 147 Å². The van der Waals surface area contributed by atoms with Crippen molar-refractivity contribution in [1.82, 2.24) is 0 Å².